The van der Waals surface area contributed by atoms with E-state index >= 15 is 0 Å². The number of nitrogens with one attached hydrogen (secondary N) is 1. The lowest BCUT2D eigenvalue weighted by molar-refractivity contribution is 0.0926. The molecule has 3 heteroatoms. The molecular formula is C15H22N2O. The van der Waals surface area contributed by atoms with Crippen LogP contribution in [0, 0.1) is 12.8 Å². The molecule has 3 N–H and O–H groups in total. The van der Waals surface area contributed by atoms with Crippen molar-refractivity contribution >= 4 is 11.6 Å². The van der Waals surface area contributed by atoms with Crippen LogP contribution in [0.1, 0.15) is 48.5 Å². The molecule has 3 nitrogen and oxygen atoms in total. The van der Waals surface area contributed by atoms with Crippen LogP contribution in [0.4, 0.5) is 5.69 Å². The molecule has 0 heterocycles. The molecule has 0 spiro atoms. The lowest BCUT2D eigenvalue weighted by Gasteiger charge is -2.21. The normalized spacial score (nSPS) is 17.7. The number of rotatable bonds is 3. The van der Waals surface area contributed by atoms with Gasteiger partial charge >= 0.3 is 0 Å². The van der Waals surface area contributed by atoms with Crippen molar-refractivity contribution in [3.05, 3.63) is 29.3 Å². The van der Waals surface area contributed by atoms with Gasteiger partial charge in [-0.25, -0.2) is 0 Å². The Kier molecular flexibility index (Phi) is 3.90. The van der Waals surface area contributed by atoms with E-state index in [0.717, 1.165) is 5.56 Å². The first-order chi connectivity index (χ1) is 8.59. The van der Waals surface area contributed by atoms with Crippen LogP contribution in [-0.4, -0.2) is 11.9 Å². The van der Waals surface area contributed by atoms with E-state index in [1.807, 2.05) is 25.1 Å². The van der Waals surface area contributed by atoms with E-state index in [-0.39, 0.29) is 11.9 Å². The molecule has 0 saturated heterocycles. The number of carbonyl (C=O) groups excluding carboxylic acids is 1. The molecule has 1 atom stereocenters. The Morgan fingerprint density at radius 3 is 2.72 bits per heavy atom. The molecule has 0 aromatic heterocycles. The average molecular weight is 246 g/mol. The Balaban J connectivity index is 2.05. The van der Waals surface area contributed by atoms with Gasteiger partial charge in [-0.2, -0.15) is 0 Å². The van der Waals surface area contributed by atoms with Gasteiger partial charge in [0.1, 0.15) is 0 Å². The van der Waals surface area contributed by atoms with Crippen molar-refractivity contribution < 1.29 is 4.79 Å². The van der Waals surface area contributed by atoms with Crippen molar-refractivity contribution in [1.82, 2.24) is 5.32 Å². The zero-order valence-corrected chi connectivity index (χ0v) is 11.2. The SMILES string of the molecule is Cc1c(N)cccc1C(=O)NC(C)C1CCCC1. The zero-order valence-electron chi connectivity index (χ0n) is 11.2. The van der Waals surface area contributed by atoms with E-state index in [1.165, 1.54) is 25.7 Å². The summed E-state index contributed by atoms with van der Waals surface area (Å²) in [5.41, 5.74) is 8.07. The molecule has 1 fully saturated rings. The molecule has 1 aliphatic rings. The van der Waals surface area contributed by atoms with Crippen molar-refractivity contribution in [2.45, 2.75) is 45.6 Å². The fraction of sp³-hybridized carbons (Fsp3) is 0.533. The highest BCUT2D eigenvalue weighted by molar-refractivity contribution is 5.97. The van der Waals surface area contributed by atoms with Crippen molar-refractivity contribution in [3.63, 3.8) is 0 Å². The number of hydrogen-bond acceptors (Lipinski definition) is 2. The van der Waals surface area contributed by atoms with Crippen molar-refractivity contribution in [2.75, 3.05) is 5.73 Å². The van der Waals surface area contributed by atoms with E-state index in [4.69, 9.17) is 5.73 Å². The Morgan fingerprint density at radius 1 is 1.39 bits per heavy atom. The summed E-state index contributed by atoms with van der Waals surface area (Å²) in [6.07, 6.45) is 5.05. The third-order valence-corrected chi connectivity index (χ3v) is 4.09. The van der Waals surface area contributed by atoms with Gasteiger partial charge in [-0.15, -0.1) is 0 Å². The molecule has 1 saturated carbocycles. The maximum atomic E-state index is 12.2. The quantitative estimate of drug-likeness (QED) is 0.806. The van der Waals surface area contributed by atoms with Crippen LogP contribution in [0.25, 0.3) is 0 Å². The lowest BCUT2D eigenvalue weighted by atomic mass is 9.99. The van der Waals surface area contributed by atoms with Gasteiger partial charge < -0.3 is 11.1 Å². The molecule has 98 valence electrons. The second kappa shape index (κ2) is 5.42. The van der Waals surface area contributed by atoms with Crippen LogP contribution in [-0.2, 0) is 0 Å². The summed E-state index contributed by atoms with van der Waals surface area (Å²) in [5.74, 6) is 0.634. The molecule has 1 aromatic carbocycles. The lowest BCUT2D eigenvalue weighted by Crippen LogP contribution is -2.37. The van der Waals surface area contributed by atoms with Crippen LogP contribution < -0.4 is 11.1 Å². The Morgan fingerprint density at radius 2 is 2.06 bits per heavy atom. The summed E-state index contributed by atoms with van der Waals surface area (Å²) in [7, 11) is 0. The maximum Gasteiger partial charge on any atom is 0.251 e. The smallest absolute Gasteiger partial charge is 0.251 e. The summed E-state index contributed by atoms with van der Waals surface area (Å²) in [4.78, 5) is 12.2. The van der Waals surface area contributed by atoms with Gasteiger partial charge in [0, 0.05) is 17.3 Å². The average Bonchev–Trinajstić information content (AvgIpc) is 2.86. The predicted molar refractivity (Wildman–Crippen MR) is 74.5 cm³/mol. The van der Waals surface area contributed by atoms with Crippen LogP contribution in [0.5, 0.6) is 0 Å². The first kappa shape index (κ1) is 12.9. The van der Waals surface area contributed by atoms with Crippen LogP contribution in [0.2, 0.25) is 0 Å². The largest absolute Gasteiger partial charge is 0.398 e. The highest BCUT2D eigenvalue weighted by Crippen LogP contribution is 2.27. The Hall–Kier alpha value is -1.51. The minimum atomic E-state index is -0.000741. The van der Waals surface area contributed by atoms with Gasteiger partial charge in [0.05, 0.1) is 0 Å². The molecule has 1 amide bonds. The van der Waals surface area contributed by atoms with Gasteiger partial charge in [-0.1, -0.05) is 18.9 Å². The Labute approximate surface area is 109 Å². The van der Waals surface area contributed by atoms with E-state index in [9.17, 15) is 4.79 Å². The Bertz CT molecular complexity index is 436. The van der Waals surface area contributed by atoms with Crippen molar-refractivity contribution in [1.29, 1.82) is 0 Å². The second-order valence-electron chi connectivity index (χ2n) is 5.33. The number of carbonyl (C=O) groups is 1. The minimum Gasteiger partial charge on any atom is -0.398 e. The number of anilines is 1. The van der Waals surface area contributed by atoms with Gasteiger partial charge in [-0.3, -0.25) is 4.79 Å². The summed E-state index contributed by atoms with van der Waals surface area (Å²) >= 11 is 0. The molecule has 18 heavy (non-hydrogen) atoms. The number of nitrogens with two attached hydrogens (primary N) is 1. The van der Waals surface area contributed by atoms with Crippen molar-refractivity contribution in [2.24, 2.45) is 5.92 Å². The maximum absolute atomic E-state index is 12.2. The first-order valence-electron chi connectivity index (χ1n) is 6.75. The molecular weight excluding hydrogens is 224 g/mol. The zero-order chi connectivity index (χ0) is 13.1. The number of benzene rings is 1. The summed E-state index contributed by atoms with van der Waals surface area (Å²) in [6, 6.07) is 5.74. The fourth-order valence-electron chi connectivity index (χ4n) is 2.76. The molecule has 2 rings (SSSR count). The monoisotopic (exact) mass is 246 g/mol. The van der Waals surface area contributed by atoms with Crippen LogP contribution in [0.3, 0.4) is 0 Å². The van der Waals surface area contributed by atoms with Gasteiger partial charge in [0.25, 0.3) is 5.91 Å². The highest BCUT2D eigenvalue weighted by atomic mass is 16.1. The van der Waals surface area contributed by atoms with E-state index in [2.05, 4.69) is 12.2 Å². The van der Waals surface area contributed by atoms with Crippen LogP contribution in [0.15, 0.2) is 18.2 Å². The minimum absolute atomic E-state index is 0.000741. The molecule has 1 aromatic rings. The van der Waals surface area contributed by atoms with E-state index in [0.29, 0.717) is 17.2 Å². The molecule has 1 aliphatic carbocycles. The van der Waals surface area contributed by atoms with Crippen molar-refractivity contribution in [3.8, 4) is 0 Å². The van der Waals surface area contributed by atoms with Gasteiger partial charge in [0.2, 0.25) is 0 Å². The standard InChI is InChI=1S/C15H22N2O/c1-10-13(8-5-9-14(10)16)15(18)17-11(2)12-6-3-4-7-12/h5,8-9,11-12H,3-4,6-7,16H2,1-2H3,(H,17,18). The number of hydrogen-bond donors (Lipinski definition) is 2. The molecule has 0 radical (unpaired) electrons. The molecule has 0 bridgehead atoms. The number of amides is 1. The third-order valence-electron chi connectivity index (χ3n) is 4.09. The summed E-state index contributed by atoms with van der Waals surface area (Å²) in [6.45, 7) is 4.00. The van der Waals surface area contributed by atoms with E-state index < -0.39 is 0 Å². The second-order valence-corrected chi connectivity index (χ2v) is 5.33. The topological polar surface area (TPSA) is 55.1 Å². The molecule has 1 unspecified atom stereocenters. The molecule has 0 aliphatic heterocycles. The predicted octanol–water partition coefficient (Wildman–Crippen LogP) is 2.89. The van der Waals surface area contributed by atoms with E-state index in [1.54, 1.807) is 0 Å². The summed E-state index contributed by atoms with van der Waals surface area (Å²) < 4.78 is 0. The first-order valence-corrected chi connectivity index (χ1v) is 6.75. The van der Waals surface area contributed by atoms with Gasteiger partial charge in [-0.05, 0) is 50.3 Å². The highest BCUT2D eigenvalue weighted by Gasteiger charge is 2.23. The van der Waals surface area contributed by atoms with Crippen LogP contribution >= 0.6 is 0 Å². The summed E-state index contributed by atoms with van der Waals surface area (Å²) in [5, 5.41) is 3.11. The van der Waals surface area contributed by atoms with Gasteiger partial charge in [0.15, 0.2) is 0 Å². The third kappa shape index (κ3) is 2.66. The number of nitrogen functional groups attached to an aromatic ring is 1. The fourth-order valence-corrected chi connectivity index (χ4v) is 2.76.